The van der Waals surface area contributed by atoms with E-state index in [4.69, 9.17) is 4.42 Å². The number of H-pyrrole nitrogens is 1. The molecule has 160 valence electrons. The predicted molar refractivity (Wildman–Crippen MR) is 107 cm³/mol. The summed E-state index contributed by atoms with van der Waals surface area (Å²) in [4.78, 5) is 17.5. The van der Waals surface area contributed by atoms with Gasteiger partial charge in [0, 0.05) is 36.6 Å². The van der Waals surface area contributed by atoms with Crippen molar-refractivity contribution >= 4 is 11.5 Å². The first kappa shape index (κ1) is 18.5. The quantitative estimate of drug-likeness (QED) is 0.458. The molecule has 1 atom stereocenters. The molecule has 1 unspecified atom stereocenters. The van der Waals surface area contributed by atoms with Crippen molar-refractivity contribution in [2.45, 2.75) is 18.9 Å². The second kappa shape index (κ2) is 7.18. The Balaban J connectivity index is 1.46. The van der Waals surface area contributed by atoms with Crippen LogP contribution in [0.15, 0.2) is 53.7 Å². The van der Waals surface area contributed by atoms with Crippen molar-refractivity contribution in [1.82, 2.24) is 39.7 Å². The van der Waals surface area contributed by atoms with Crippen LogP contribution in [0.3, 0.4) is 0 Å². The number of anilines is 1. The van der Waals surface area contributed by atoms with Crippen LogP contribution in [0, 0.1) is 0 Å². The maximum Gasteiger partial charge on any atom is 0.319 e. The number of pyridine rings is 1. The van der Waals surface area contributed by atoms with Gasteiger partial charge in [0.2, 0.25) is 0 Å². The Labute approximate surface area is 179 Å². The first-order valence-electron chi connectivity index (χ1n) is 9.84. The standard InChI is InChI=1S/C20H15F2N9O/c21-18(22)11-2-1-6-31-15(11)8-14(29-31)17-16-12(25-10-26-16)4-7-30(17)20-28-27-19(32-20)13-3-5-23-9-24-13/h1-3,5-6,8-10,17-18H,4,7H2,(H,25,26). The molecule has 0 saturated heterocycles. The number of nitrogens with zero attached hydrogens (tertiary/aromatic N) is 8. The second-order valence-corrected chi connectivity index (χ2v) is 7.26. The molecule has 6 heterocycles. The third-order valence-corrected chi connectivity index (χ3v) is 5.45. The number of aromatic amines is 1. The third-order valence-electron chi connectivity index (χ3n) is 5.45. The molecule has 12 heteroatoms. The molecule has 0 amide bonds. The molecule has 0 saturated carbocycles. The van der Waals surface area contributed by atoms with Crippen molar-refractivity contribution in [2.75, 3.05) is 11.4 Å². The van der Waals surface area contributed by atoms with Crippen molar-refractivity contribution in [3.63, 3.8) is 0 Å². The smallest absolute Gasteiger partial charge is 0.319 e. The minimum Gasteiger partial charge on any atom is -0.402 e. The van der Waals surface area contributed by atoms with Gasteiger partial charge in [0.1, 0.15) is 18.1 Å². The highest BCUT2D eigenvalue weighted by Crippen LogP contribution is 2.37. The molecule has 1 aliphatic heterocycles. The first-order valence-corrected chi connectivity index (χ1v) is 9.84. The van der Waals surface area contributed by atoms with E-state index in [1.807, 2.05) is 4.90 Å². The van der Waals surface area contributed by atoms with Crippen molar-refractivity contribution < 1.29 is 13.2 Å². The predicted octanol–water partition coefficient (Wildman–Crippen LogP) is 2.99. The minimum absolute atomic E-state index is 0.0836. The van der Waals surface area contributed by atoms with Crippen LogP contribution in [-0.2, 0) is 6.42 Å². The lowest BCUT2D eigenvalue weighted by Gasteiger charge is -2.32. The van der Waals surface area contributed by atoms with E-state index < -0.39 is 12.5 Å². The van der Waals surface area contributed by atoms with Gasteiger partial charge in [-0.05, 0) is 24.3 Å². The number of hydrogen-bond donors (Lipinski definition) is 1. The summed E-state index contributed by atoms with van der Waals surface area (Å²) in [7, 11) is 0. The molecule has 0 aliphatic carbocycles. The lowest BCUT2D eigenvalue weighted by molar-refractivity contribution is 0.152. The zero-order valence-corrected chi connectivity index (χ0v) is 16.4. The molecular formula is C20H15F2N9O. The van der Waals surface area contributed by atoms with Crippen molar-refractivity contribution in [2.24, 2.45) is 0 Å². The number of halogens is 2. The Hall–Kier alpha value is -4.22. The Morgan fingerprint density at radius 3 is 2.97 bits per heavy atom. The molecule has 6 rings (SSSR count). The van der Waals surface area contributed by atoms with E-state index >= 15 is 0 Å². The maximum absolute atomic E-state index is 13.5. The van der Waals surface area contributed by atoms with E-state index in [0.717, 1.165) is 11.4 Å². The molecule has 0 aromatic carbocycles. The zero-order chi connectivity index (χ0) is 21.7. The summed E-state index contributed by atoms with van der Waals surface area (Å²) in [5, 5.41) is 12.9. The Morgan fingerprint density at radius 2 is 2.12 bits per heavy atom. The molecule has 0 spiro atoms. The highest BCUT2D eigenvalue weighted by atomic mass is 19.3. The number of alkyl halides is 2. The van der Waals surface area contributed by atoms with Gasteiger partial charge < -0.3 is 14.3 Å². The number of imidazole rings is 1. The topological polar surface area (TPSA) is 114 Å². The van der Waals surface area contributed by atoms with Crippen molar-refractivity contribution in [3.05, 3.63) is 72.0 Å². The Bertz CT molecular complexity index is 1390. The molecule has 10 nitrogen and oxygen atoms in total. The number of rotatable bonds is 4. The van der Waals surface area contributed by atoms with Gasteiger partial charge in [-0.2, -0.15) is 5.10 Å². The van der Waals surface area contributed by atoms with E-state index in [-0.39, 0.29) is 17.5 Å². The summed E-state index contributed by atoms with van der Waals surface area (Å²) >= 11 is 0. The number of nitrogens with one attached hydrogen (secondary N) is 1. The molecular weight excluding hydrogens is 420 g/mol. The summed E-state index contributed by atoms with van der Waals surface area (Å²) in [5.74, 6) is 0.254. The average molecular weight is 435 g/mol. The number of hydrogen-bond acceptors (Lipinski definition) is 8. The third kappa shape index (κ3) is 2.91. The summed E-state index contributed by atoms with van der Waals surface area (Å²) in [6, 6.07) is 6.05. The van der Waals surface area contributed by atoms with Gasteiger partial charge in [-0.25, -0.2) is 28.2 Å². The van der Waals surface area contributed by atoms with Gasteiger partial charge >= 0.3 is 6.01 Å². The summed E-state index contributed by atoms with van der Waals surface area (Å²) in [6.07, 6.45) is 4.30. The molecule has 0 radical (unpaired) electrons. The average Bonchev–Trinajstić information content (AvgIpc) is 3.57. The normalized spacial score (nSPS) is 16.1. The van der Waals surface area contributed by atoms with Gasteiger partial charge in [0.05, 0.1) is 23.2 Å². The molecule has 0 bridgehead atoms. The highest BCUT2D eigenvalue weighted by Gasteiger charge is 2.36. The molecule has 1 N–H and O–H groups in total. The fraction of sp³-hybridized carbons (Fsp3) is 0.200. The SMILES string of the molecule is FC(F)c1cccn2nc(C3c4nc[nH]c4CCN3c3nnc(-c4ccncn4)o3)cc12. The number of aromatic nitrogens is 8. The Morgan fingerprint density at radius 1 is 1.19 bits per heavy atom. The van der Waals surface area contributed by atoms with Gasteiger partial charge in [-0.1, -0.05) is 5.10 Å². The van der Waals surface area contributed by atoms with Crippen LogP contribution in [0.1, 0.15) is 35.1 Å². The number of fused-ring (bicyclic) bond motifs is 2. The van der Waals surface area contributed by atoms with Gasteiger partial charge in [0.15, 0.2) is 0 Å². The maximum atomic E-state index is 13.5. The van der Waals surface area contributed by atoms with Gasteiger partial charge in [-0.15, -0.1) is 5.10 Å². The van der Waals surface area contributed by atoms with E-state index in [9.17, 15) is 8.78 Å². The van der Waals surface area contributed by atoms with Crippen LogP contribution in [0.4, 0.5) is 14.8 Å². The molecule has 5 aromatic heterocycles. The monoisotopic (exact) mass is 435 g/mol. The lowest BCUT2D eigenvalue weighted by Crippen LogP contribution is -2.36. The van der Waals surface area contributed by atoms with Crippen LogP contribution < -0.4 is 4.90 Å². The molecule has 32 heavy (non-hydrogen) atoms. The van der Waals surface area contributed by atoms with E-state index in [0.29, 0.717) is 29.9 Å². The zero-order valence-electron chi connectivity index (χ0n) is 16.4. The lowest BCUT2D eigenvalue weighted by atomic mass is 10.00. The van der Waals surface area contributed by atoms with E-state index in [1.165, 1.54) is 16.9 Å². The summed E-state index contributed by atoms with van der Waals surface area (Å²) < 4.78 is 34.4. The van der Waals surface area contributed by atoms with Crippen LogP contribution in [-0.4, -0.2) is 46.3 Å². The second-order valence-electron chi connectivity index (χ2n) is 7.26. The molecule has 0 fully saturated rings. The highest BCUT2D eigenvalue weighted by molar-refractivity contribution is 5.58. The molecule has 5 aromatic rings. The van der Waals surface area contributed by atoms with Crippen LogP contribution >= 0.6 is 0 Å². The Kier molecular flexibility index (Phi) is 4.16. The summed E-state index contributed by atoms with van der Waals surface area (Å²) in [5.41, 5.74) is 3.00. The largest absolute Gasteiger partial charge is 0.402 e. The van der Waals surface area contributed by atoms with Crippen LogP contribution in [0.2, 0.25) is 0 Å². The van der Waals surface area contributed by atoms with Gasteiger partial charge in [0.25, 0.3) is 12.3 Å². The summed E-state index contributed by atoms with van der Waals surface area (Å²) in [6.45, 7) is 0.543. The van der Waals surface area contributed by atoms with Crippen LogP contribution in [0.5, 0.6) is 0 Å². The van der Waals surface area contributed by atoms with E-state index in [2.05, 4.69) is 35.2 Å². The van der Waals surface area contributed by atoms with Crippen LogP contribution in [0.25, 0.3) is 17.1 Å². The van der Waals surface area contributed by atoms with E-state index in [1.54, 1.807) is 36.9 Å². The first-order chi connectivity index (χ1) is 15.7. The van der Waals surface area contributed by atoms with Crippen molar-refractivity contribution in [1.29, 1.82) is 0 Å². The van der Waals surface area contributed by atoms with Gasteiger partial charge in [-0.3, -0.25) is 0 Å². The minimum atomic E-state index is -2.61. The fourth-order valence-electron chi connectivity index (χ4n) is 4.01. The fourth-order valence-corrected chi connectivity index (χ4v) is 4.01. The van der Waals surface area contributed by atoms with Crippen molar-refractivity contribution in [3.8, 4) is 11.6 Å². The molecule has 1 aliphatic rings.